The molecule has 0 atom stereocenters. The largest absolute Gasteiger partial charge is 0.494 e. The number of halogens is 1. The van der Waals surface area contributed by atoms with Gasteiger partial charge in [0.25, 0.3) is 5.56 Å². The Labute approximate surface area is 158 Å². The van der Waals surface area contributed by atoms with E-state index in [2.05, 4.69) is 5.10 Å². The summed E-state index contributed by atoms with van der Waals surface area (Å²) in [4.78, 5) is 12.3. The van der Waals surface area contributed by atoms with Gasteiger partial charge in [-0.3, -0.25) is 4.79 Å². The monoisotopic (exact) mass is 380 g/mol. The lowest BCUT2D eigenvalue weighted by molar-refractivity contribution is 0.253. The van der Waals surface area contributed by atoms with Gasteiger partial charge in [-0.15, -0.1) is 0 Å². The van der Waals surface area contributed by atoms with E-state index in [9.17, 15) is 4.79 Å². The van der Waals surface area contributed by atoms with E-state index >= 15 is 0 Å². The van der Waals surface area contributed by atoms with Crippen molar-refractivity contribution in [3.05, 3.63) is 51.4 Å². The second kappa shape index (κ2) is 9.05. The fourth-order valence-corrected chi connectivity index (χ4v) is 2.43. The minimum atomic E-state index is -0.452. The van der Waals surface area contributed by atoms with Gasteiger partial charge in [-0.05, 0) is 51.3 Å². The Kier molecular flexibility index (Phi) is 7.06. The maximum absolute atomic E-state index is 12.3. The van der Waals surface area contributed by atoms with E-state index in [-0.39, 0.29) is 29.5 Å². The van der Waals surface area contributed by atoms with Crippen molar-refractivity contribution in [1.29, 1.82) is 0 Å². The molecule has 0 bridgehead atoms. The highest BCUT2D eigenvalue weighted by Gasteiger charge is 2.19. The standard InChI is InChI=1S/C19H25ClN2O4/c1-19(2,3)22-18(24)17(20)16(12-21-22)26-13-14-6-8-15(9-7-14)25-11-5-4-10-23/h6-9,12,23H,4-5,10-11,13H2,1-3H3. The number of aliphatic hydroxyl groups is 1. The third-order valence-corrected chi connectivity index (χ3v) is 4.01. The predicted molar refractivity (Wildman–Crippen MR) is 101 cm³/mol. The van der Waals surface area contributed by atoms with Gasteiger partial charge in [-0.25, -0.2) is 4.68 Å². The zero-order chi connectivity index (χ0) is 19.2. The van der Waals surface area contributed by atoms with Crippen molar-refractivity contribution < 1.29 is 14.6 Å². The van der Waals surface area contributed by atoms with Crippen LogP contribution in [-0.2, 0) is 12.1 Å². The molecule has 1 aromatic carbocycles. The number of nitrogens with zero attached hydrogens (tertiary/aromatic N) is 2. The third kappa shape index (κ3) is 5.47. The van der Waals surface area contributed by atoms with Gasteiger partial charge in [-0.2, -0.15) is 5.10 Å². The van der Waals surface area contributed by atoms with Gasteiger partial charge < -0.3 is 14.6 Å². The van der Waals surface area contributed by atoms with E-state index in [1.165, 1.54) is 10.9 Å². The summed E-state index contributed by atoms with van der Waals surface area (Å²) in [6, 6.07) is 7.49. The molecular weight excluding hydrogens is 356 g/mol. The molecular formula is C19H25ClN2O4. The summed E-state index contributed by atoms with van der Waals surface area (Å²) in [5.41, 5.74) is 0.0961. The molecule has 0 fully saturated rings. The van der Waals surface area contributed by atoms with Gasteiger partial charge in [0, 0.05) is 6.61 Å². The van der Waals surface area contributed by atoms with Crippen LogP contribution in [0.25, 0.3) is 0 Å². The number of hydrogen-bond donors (Lipinski definition) is 1. The first-order valence-electron chi connectivity index (χ1n) is 8.56. The minimum absolute atomic E-state index is 0.0266. The third-order valence-electron chi connectivity index (χ3n) is 3.66. The average Bonchev–Trinajstić information content (AvgIpc) is 2.60. The zero-order valence-electron chi connectivity index (χ0n) is 15.4. The quantitative estimate of drug-likeness (QED) is 0.710. The lowest BCUT2D eigenvalue weighted by Gasteiger charge is -2.21. The number of rotatable bonds is 8. The average molecular weight is 381 g/mol. The Balaban J connectivity index is 1.97. The molecule has 0 spiro atoms. The fraction of sp³-hybridized carbons (Fsp3) is 0.474. The van der Waals surface area contributed by atoms with Crippen molar-refractivity contribution in [3.63, 3.8) is 0 Å². The van der Waals surface area contributed by atoms with Crippen LogP contribution in [0.15, 0.2) is 35.3 Å². The van der Waals surface area contributed by atoms with E-state index in [1.807, 2.05) is 45.0 Å². The van der Waals surface area contributed by atoms with Crippen LogP contribution >= 0.6 is 11.6 Å². The topological polar surface area (TPSA) is 73.6 Å². The molecule has 6 nitrogen and oxygen atoms in total. The molecule has 2 rings (SSSR count). The van der Waals surface area contributed by atoms with Crippen LogP contribution in [0.4, 0.5) is 0 Å². The zero-order valence-corrected chi connectivity index (χ0v) is 16.1. The minimum Gasteiger partial charge on any atom is -0.494 e. The Morgan fingerprint density at radius 1 is 1.15 bits per heavy atom. The molecule has 26 heavy (non-hydrogen) atoms. The Morgan fingerprint density at radius 3 is 2.46 bits per heavy atom. The number of unbranched alkanes of at least 4 members (excludes halogenated alkanes) is 1. The van der Waals surface area contributed by atoms with E-state index < -0.39 is 5.54 Å². The predicted octanol–water partition coefficient (Wildman–Crippen LogP) is 3.38. The Hall–Kier alpha value is -2.05. The number of aliphatic hydroxyl groups excluding tert-OH is 1. The maximum Gasteiger partial charge on any atom is 0.289 e. The highest BCUT2D eigenvalue weighted by Crippen LogP contribution is 2.22. The molecule has 0 aliphatic heterocycles. The summed E-state index contributed by atoms with van der Waals surface area (Å²) in [6.07, 6.45) is 3.01. The van der Waals surface area contributed by atoms with Crippen LogP contribution in [-0.4, -0.2) is 28.1 Å². The van der Waals surface area contributed by atoms with Gasteiger partial charge in [0.2, 0.25) is 0 Å². The van der Waals surface area contributed by atoms with Crippen molar-refractivity contribution in [2.24, 2.45) is 0 Å². The molecule has 1 heterocycles. The first kappa shape index (κ1) is 20.3. The Morgan fingerprint density at radius 2 is 1.85 bits per heavy atom. The molecule has 142 valence electrons. The molecule has 0 unspecified atom stereocenters. The number of benzene rings is 1. The molecule has 2 aromatic rings. The number of aromatic nitrogens is 2. The SMILES string of the molecule is CC(C)(C)n1ncc(OCc2ccc(OCCCCO)cc2)c(Cl)c1=O. The lowest BCUT2D eigenvalue weighted by Crippen LogP contribution is -2.36. The smallest absolute Gasteiger partial charge is 0.289 e. The van der Waals surface area contributed by atoms with Crippen LogP contribution in [0.2, 0.25) is 5.02 Å². The van der Waals surface area contributed by atoms with Crippen LogP contribution in [0.5, 0.6) is 11.5 Å². The van der Waals surface area contributed by atoms with E-state index in [0.717, 1.165) is 24.2 Å². The van der Waals surface area contributed by atoms with Crippen molar-refractivity contribution in [1.82, 2.24) is 9.78 Å². The highest BCUT2D eigenvalue weighted by atomic mass is 35.5. The summed E-state index contributed by atoms with van der Waals surface area (Å²) in [5, 5.41) is 12.9. The normalized spacial score (nSPS) is 11.4. The van der Waals surface area contributed by atoms with Crippen molar-refractivity contribution in [2.75, 3.05) is 13.2 Å². The second-order valence-electron chi connectivity index (χ2n) is 6.92. The molecule has 0 aliphatic rings. The molecule has 1 N–H and O–H groups in total. The lowest BCUT2D eigenvalue weighted by atomic mass is 10.1. The molecule has 0 radical (unpaired) electrons. The molecule has 7 heteroatoms. The van der Waals surface area contributed by atoms with E-state index in [0.29, 0.717) is 6.61 Å². The van der Waals surface area contributed by atoms with Crippen LogP contribution in [0, 0.1) is 0 Å². The van der Waals surface area contributed by atoms with Crippen LogP contribution < -0.4 is 15.0 Å². The molecule has 0 saturated heterocycles. The molecule has 0 aliphatic carbocycles. The summed E-state index contributed by atoms with van der Waals surface area (Å²) < 4.78 is 12.6. The summed E-state index contributed by atoms with van der Waals surface area (Å²) >= 11 is 6.14. The van der Waals surface area contributed by atoms with Crippen molar-refractivity contribution in [2.45, 2.75) is 45.8 Å². The highest BCUT2D eigenvalue weighted by molar-refractivity contribution is 6.31. The van der Waals surface area contributed by atoms with Crippen LogP contribution in [0.3, 0.4) is 0 Å². The van der Waals surface area contributed by atoms with Crippen molar-refractivity contribution >= 4 is 11.6 Å². The number of ether oxygens (including phenoxy) is 2. The first-order valence-corrected chi connectivity index (χ1v) is 8.94. The van der Waals surface area contributed by atoms with Gasteiger partial charge in [0.1, 0.15) is 12.4 Å². The van der Waals surface area contributed by atoms with Gasteiger partial charge in [-0.1, -0.05) is 23.7 Å². The summed E-state index contributed by atoms with van der Waals surface area (Å²) in [6.45, 7) is 6.66. The summed E-state index contributed by atoms with van der Waals surface area (Å²) in [7, 11) is 0. The molecule has 0 amide bonds. The van der Waals surface area contributed by atoms with E-state index in [4.69, 9.17) is 26.2 Å². The van der Waals surface area contributed by atoms with Crippen LogP contribution in [0.1, 0.15) is 39.2 Å². The first-order chi connectivity index (χ1) is 12.3. The maximum atomic E-state index is 12.3. The van der Waals surface area contributed by atoms with Crippen molar-refractivity contribution in [3.8, 4) is 11.5 Å². The van der Waals surface area contributed by atoms with Gasteiger partial charge >= 0.3 is 0 Å². The number of hydrogen-bond acceptors (Lipinski definition) is 5. The Bertz CT molecular complexity index is 767. The molecule has 0 saturated carbocycles. The second-order valence-corrected chi connectivity index (χ2v) is 7.30. The summed E-state index contributed by atoms with van der Waals surface area (Å²) in [5.74, 6) is 1.03. The van der Waals surface area contributed by atoms with E-state index in [1.54, 1.807) is 0 Å². The fourth-order valence-electron chi connectivity index (χ4n) is 2.24. The van der Waals surface area contributed by atoms with Gasteiger partial charge in [0.15, 0.2) is 10.8 Å². The van der Waals surface area contributed by atoms with Gasteiger partial charge in [0.05, 0.1) is 18.3 Å². The molecule has 1 aromatic heterocycles.